The zero-order valence-corrected chi connectivity index (χ0v) is 9.49. The number of hydrogen-bond donors (Lipinski definition) is 1. The van der Waals surface area contributed by atoms with Crippen LogP contribution in [0, 0.1) is 0 Å². The Hall–Kier alpha value is -0.800. The topological polar surface area (TPSA) is 35.2 Å². The van der Waals surface area contributed by atoms with Gasteiger partial charge in [-0.3, -0.25) is 0 Å². The molecule has 1 aromatic carbocycles. The Labute approximate surface area is 94.0 Å². The van der Waals surface area contributed by atoms with E-state index < -0.39 is 0 Å². The Kier molecular flexibility index (Phi) is 4.17. The first-order valence-corrected chi connectivity index (χ1v) is 5.11. The SMILES string of the molecule is CCOc1ccc(Cl)cc1CC(N)=S. The highest BCUT2D eigenvalue weighted by molar-refractivity contribution is 7.80. The standard InChI is InChI=1S/C10H12ClNOS/c1-2-13-9-4-3-8(11)5-7(9)6-10(12)14/h3-5H,2,6H2,1H3,(H2,12,14). The van der Waals surface area contributed by atoms with Crippen LogP contribution in [0.2, 0.25) is 5.02 Å². The summed E-state index contributed by atoms with van der Waals surface area (Å²) >= 11 is 10.7. The molecule has 0 fully saturated rings. The van der Waals surface area contributed by atoms with Crippen molar-refractivity contribution in [2.45, 2.75) is 13.3 Å². The van der Waals surface area contributed by atoms with E-state index in [2.05, 4.69) is 0 Å². The Morgan fingerprint density at radius 3 is 2.86 bits per heavy atom. The molecule has 0 aromatic heterocycles. The Morgan fingerprint density at radius 1 is 1.57 bits per heavy atom. The summed E-state index contributed by atoms with van der Waals surface area (Å²) in [6, 6.07) is 5.45. The van der Waals surface area contributed by atoms with Gasteiger partial charge in [-0.1, -0.05) is 23.8 Å². The third kappa shape index (κ3) is 3.16. The summed E-state index contributed by atoms with van der Waals surface area (Å²) in [7, 11) is 0. The third-order valence-corrected chi connectivity index (χ3v) is 2.07. The van der Waals surface area contributed by atoms with Crippen molar-refractivity contribution in [2.75, 3.05) is 6.61 Å². The molecule has 14 heavy (non-hydrogen) atoms. The maximum Gasteiger partial charge on any atom is 0.122 e. The molecule has 0 amide bonds. The molecule has 0 radical (unpaired) electrons. The first-order chi connectivity index (χ1) is 6.63. The van der Waals surface area contributed by atoms with Crippen molar-refractivity contribution in [3.63, 3.8) is 0 Å². The summed E-state index contributed by atoms with van der Waals surface area (Å²) in [6.07, 6.45) is 0.519. The lowest BCUT2D eigenvalue weighted by Gasteiger charge is -2.09. The zero-order valence-electron chi connectivity index (χ0n) is 7.92. The number of ether oxygens (including phenoxy) is 1. The molecule has 76 valence electrons. The maximum absolute atomic E-state index is 5.86. The fourth-order valence-electron chi connectivity index (χ4n) is 1.17. The molecular weight excluding hydrogens is 218 g/mol. The predicted molar refractivity (Wildman–Crippen MR) is 63.1 cm³/mol. The van der Waals surface area contributed by atoms with Gasteiger partial charge in [0.15, 0.2) is 0 Å². The van der Waals surface area contributed by atoms with E-state index in [1.165, 1.54) is 0 Å². The first-order valence-electron chi connectivity index (χ1n) is 4.33. The van der Waals surface area contributed by atoms with Gasteiger partial charge in [-0.25, -0.2) is 0 Å². The fraction of sp³-hybridized carbons (Fsp3) is 0.300. The van der Waals surface area contributed by atoms with Crippen molar-refractivity contribution in [1.82, 2.24) is 0 Å². The average Bonchev–Trinajstić information content (AvgIpc) is 2.09. The van der Waals surface area contributed by atoms with Crippen LogP contribution in [0.15, 0.2) is 18.2 Å². The van der Waals surface area contributed by atoms with Crippen LogP contribution in [0.25, 0.3) is 0 Å². The van der Waals surface area contributed by atoms with E-state index >= 15 is 0 Å². The minimum Gasteiger partial charge on any atom is -0.494 e. The normalized spacial score (nSPS) is 9.86. The summed E-state index contributed by atoms with van der Waals surface area (Å²) in [6.45, 7) is 2.55. The minimum absolute atomic E-state index is 0.438. The van der Waals surface area contributed by atoms with E-state index in [1.807, 2.05) is 19.1 Å². The lowest BCUT2D eigenvalue weighted by molar-refractivity contribution is 0.337. The first kappa shape index (κ1) is 11.3. The highest BCUT2D eigenvalue weighted by Crippen LogP contribution is 2.23. The van der Waals surface area contributed by atoms with Crippen molar-refractivity contribution < 1.29 is 4.74 Å². The fourth-order valence-corrected chi connectivity index (χ4v) is 1.52. The van der Waals surface area contributed by atoms with Crippen molar-refractivity contribution >= 4 is 28.8 Å². The molecule has 0 spiro atoms. The third-order valence-electron chi connectivity index (χ3n) is 1.69. The van der Waals surface area contributed by atoms with Crippen LogP contribution in [0.4, 0.5) is 0 Å². The van der Waals surface area contributed by atoms with Crippen LogP contribution in [0.3, 0.4) is 0 Å². The van der Waals surface area contributed by atoms with Gasteiger partial charge in [-0.2, -0.15) is 0 Å². The number of hydrogen-bond acceptors (Lipinski definition) is 2. The van der Waals surface area contributed by atoms with E-state index in [-0.39, 0.29) is 0 Å². The highest BCUT2D eigenvalue weighted by Gasteiger charge is 2.05. The van der Waals surface area contributed by atoms with E-state index in [0.29, 0.717) is 23.0 Å². The van der Waals surface area contributed by atoms with Gasteiger partial charge in [0, 0.05) is 17.0 Å². The summed E-state index contributed by atoms with van der Waals surface area (Å²) in [5.74, 6) is 0.796. The van der Waals surface area contributed by atoms with Crippen LogP contribution in [0.1, 0.15) is 12.5 Å². The largest absolute Gasteiger partial charge is 0.494 e. The van der Waals surface area contributed by atoms with Gasteiger partial charge in [0.25, 0.3) is 0 Å². The number of thiocarbonyl (C=S) groups is 1. The smallest absolute Gasteiger partial charge is 0.122 e. The molecule has 0 saturated heterocycles. The highest BCUT2D eigenvalue weighted by atomic mass is 35.5. The molecule has 0 aliphatic carbocycles. The summed E-state index contributed by atoms with van der Waals surface area (Å²) in [4.78, 5) is 0.438. The Bertz CT molecular complexity index is 341. The average molecular weight is 230 g/mol. The summed E-state index contributed by atoms with van der Waals surface area (Å²) in [5, 5.41) is 0.666. The van der Waals surface area contributed by atoms with Crippen molar-refractivity contribution in [3.8, 4) is 5.75 Å². The minimum atomic E-state index is 0.438. The monoisotopic (exact) mass is 229 g/mol. The maximum atomic E-state index is 5.86. The molecular formula is C10H12ClNOS. The molecule has 0 saturated carbocycles. The number of benzene rings is 1. The van der Waals surface area contributed by atoms with Crippen LogP contribution >= 0.6 is 23.8 Å². The molecule has 0 unspecified atom stereocenters. The zero-order chi connectivity index (χ0) is 10.6. The van der Waals surface area contributed by atoms with E-state index in [1.54, 1.807) is 6.07 Å². The van der Waals surface area contributed by atoms with Gasteiger partial charge >= 0.3 is 0 Å². The molecule has 1 rings (SSSR count). The second-order valence-electron chi connectivity index (χ2n) is 2.83. The van der Waals surface area contributed by atoms with Crippen LogP contribution < -0.4 is 10.5 Å². The van der Waals surface area contributed by atoms with Crippen molar-refractivity contribution in [1.29, 1.82) is 0 Å². The quantitative estimate of drug-likeness (QED) is 0.807. The van der Waals surface area contributed by atoms with Crippen molar-refractivity contribution in [3.05, 3.63) is 28.8 Å². The molecule has 0 atom stereocenters. The second-order valence-corrected chi connectivity index (χ2v) is 3.79. The molecule has 2 nitrogen and oxygen atoms in total. The van der Waals surface area contributed by atoms with Crippen LogP contribution in [-0.4, -0.2) is 11.6 Å². The van der Waals surface area contributed by atoms with Crippen molar-refractivity contribution in [2.24, 2.45) is 5.73 Å². The molecule has 4 heteroatoms. The lowest BCUT2D eigenvalue weighted by Crippen LogP contribution is -2.12. The number of nitrogens with two attached hydrogens (primary N) is 1. The molecule has 1 aromatic rings. The summed E-state index contributed by atoms with van der Waals surface area (Å²) in [5.41, 5.74) is 6.41. The molecule has 0 heterocycles. The predicted octanol–water partition coefficient (Wildman–Crippen LogP) is 2.57. The second kappa shape index (κ2) is 5.17. The molecule has 0 aliphatic heterocycles. The van der Waals surface area contributed by atoms with Gasteiger partial charge < -0.3 is 10.5 Å². The molecule has 0 aliphatic rings. The van der Waals surface area contributed by atoms with Crippen LogP contribution in [0.5, 0.6) is 5.75 Å². The Morgan fingerprint density at radius 2 is 2.29 bits per heavy atom. The number of rotatable bonds is 4. The van der Waals surface area contributed by atoms with Gasteiger partial charge in [0.1, 0.15) is 5.75 Å². The molecule has 2 N–H and O–H groups in total. The lowest BCUT2D eigenvalue weighted by atomic mass is 10.1. The summed E-state index contributed by atoms with van der Waals surface area (Å²) < 4.78 is 5.42. The number of halogens is 1. The van der Waals surface area contributed by atoms with Gasteiger partial charge in [-0.15, -0.1) is 0 Å². The van der Waals surface area contributed by atoms with E-state index in [4.69, 9.17) is 34.3 Å². The molecule has 0 bridgehead atoms. The van der Waals surface area contributed by atoms with Gasteiger partial charge in [0.05, 0.1) is 11.6 Å². The van der Waals surface area contributed by atoms with E-state index in [9.17, 15) is 0 Å². The Balaban J connectivity index is 2.96. The van der Waals surface area contributed by atoms with Crippen LogP contribution in [-0.2, 0) is 6.42 Å². The van der Waals surface area contributed by atoms with E-state index in [0.717, 1.165) is 11.3 Å². The van der Waals surface area contributed by atoms with Gasteiger partial charge in [-0.05, 0) is 25.1 Å². The van der Waals surface area contributed by atoms with Gasteiger partial charge in [0.2, 0.25) is 0 Å².